The van der Waals surface area contributed by atoms with Crippen LogP contribution in [-0.2, 0) is 16.1 Å². The van der Waals surface area contributed by atoms with Crippen LogP contribution in [0.2, 0.25) is 0 Å². The number of furan rings is 1. The second-order valence-corrected chi connectivity index (χ2v) is 7.19. The summed E-state index contributed by atoms with van der Waals surface area (Å²) in [5.41, 5.74) is 2.20. The normalized spacial score (nSPS) is 11.6. The molecule has 170 valence electrons. The monoisotopic (exact) mass is 447 g/mol. The number of benzene rings is 2. The fourth-order valence-electron chi connectivity index (χ4n) is 2.92. The van der Waals surface area contributed by atoms with E-state index in [1.807, 2.05) is 18.2 Å². The van der Waals surface area contributed by atoms with E-state index in [0.29, 0.717) is 5.69 Å². The van der Waals surface area contributed by atoms with Crippen LogP contribution in [0.1, 0.15) is 28.6 Å². The zero-order valence-electron chi connectivity index (χ0n) is 18.3. The minimum atomic E-state index is -0.722. The topological polar surface area (TPSA) is 110 Å². The Morgan fingerprint density at radius 2 is 1.85 bits per heavy atom. The minimum absolute atomic E-state index is 0.208. The van der Waals surface area contributed by atoms with Gasteiger partial charge in [0.05, 0.1) is 13.4 Å². The average molecular weight is 447 g/mol. The minimum Gasteiger partial charge on any atom is -0.497 e. The van der Waals surface area contributed by atoms with E-state index in [0.717, 1.165) is 16.9 Å². The Labute approximate surface area is 191 Å². The highest BCUT2D eigenvalue weighted by molar-refractivity contribution is 6.02. The molecule has 0 spiro atoms. The Morgan fingerprint density at radius 1 is 1.06 bits per heavy atom. The molecule has 1 heterocycles. The molecule has 0 bridgehead atoms. The first kappa shape index (κ1) is 23.3. The lowest BCUT2D eigenvalue weighted by atomic mass is 10.2. The zero-order valence-corrected chi connectivity index (χ0v) is 18.3. The predicted octanol–water partition coefficient (Wildman–Crippen LogP) is 3.37. The fraction of sp³-hybridized carbons (Fsp3) is 0.160. The lowest BCUT2D eigenvalue weighted by Gasteiger charge is -2.13. The Bertz CT molecular complexity index is 1120. The molecule has 2 aromatic carbocycles. The molecule has 0 saturated heterocycles. The molecule has 1 atom stereocenters. The van der Waals surface area contributed by atoms with Crippen LogP contribution in [0.15, 0.2) is 77.4 Å². The number of carbonyl (C=O) groups excluding carboxylic acids is 3. The standard InChI is InChI=1S/C25H25N3O5/c1-17(27-23(29)13-10-18-8-11-21(32-2)12-9-18)24(30)26-16-19-5-3-6-20(15-19)28-25(31)22-7-4-14-33-22/h3-15,17H,16H2,1-2H3,(H,26,30)(H,27,29)(H,28,31). The Kier molecular flexibility index (Phi) is 8.02. The SMILES string of the molecule is COc1ccc(C=CC(=O)NC(C)C(=O)NCc2cccc(NC(=O)c3ccco3)c2)cc1. The highest BCUT2D eigenvalue weighted by Crippen LogP contribution is 2.13. The van der Waals surface area contributed by atoms with Crippen molar-refractivity contribution in [1.29, 1.82) is 0 Å². The van der Waals surface area contributed by atoms with Crippen molar-refractivity contribution < 1.29 is 23.5 Å². The van der Waals surface area contributed by atoms with Gasteiger partial charge < -0.3 is 25.1 Å². The van der Waals surface area contributed by atoms with Crippen molar-refractivity contribution in [3.05, 3.63) is 89.9 Å². The maximum Gasteiger partial charge on any atom is 0.291 e. The third-order valence-corrected chi connectivity index (χ3v) is 4.69. The molecule has 3 aromatic rings. The number of hydrogen-bond donors (Lipinski definition) is 3. The maximum absolute atomic E-state index is 12.4. The van der Waals surface area contributed by atoms with Gasteiger partial charge in [0.15, 0.2) is 5.76 Å². The maximum atomic E-state index is 12.4. The number of ether oxygens (including phenoxy) is 1. The van der Waals surface area contributed by atoms with Gasteiger partial charge in [0.1, 0.15) is 11.8 Å². The second-order valence-electron chi connectivity index (χ2n) is 7.19. The summed E-state index contributed by atoms with van der Waals surface area (Å²) in [6, 6.07) is 16.8. The van der Waals surface area contributed by atoms with Crippen molar-refractivity contribution in [1.82, 2.24) is 10.6 Å². The zero-order chi connectivity index (χ0) is 23.6. The molecule has 0 aliphatic rings. The van der Waals surface area contributed by atoms with Crippen LogP contribution in [-0.4, -0.2) is 30.9 Å². The van der Waals surface area contributed by atoms with E-state index >= 15 is 0 Å². The third-order valence-electron chi connectivity index (χ3n) is 4.69. The Morgan fingerprint density at radius 3 is 2.55 bits per heavy atom. The summed E-state index contributed by atoms with van der Waals surface area (Å²) in [5, 5.41) is 8.15. The van der Waals surface area contributed by atoms with Gasteiger partial charge in [-0.05, 0) is 60.5 Å². The van der Waals surface area contributed by atoms with Crippen LogP contribution in [0.4, 0.5) is 5.69 Å². The van der Waals surface area contributed by atoms with Crippen LogP contribution in [0.25, 0.3) is 6.08 Å². The van der Waals surface area contributed by atoms with Gasteiger partial charge in [-0.25, -0.2) is 0 Å². The summed E-state index contributed by atoms with van der Waals surface area (Å²) in [6.45, 7) is 1.85. The first-order chi connectivity index (χ1) is 15.9. The molecule has 1 unspecified atom stereocenters. The molecule has 0 aliphatic heterocycles. The van der Waals surface area contributed by atoms with E-state index in [4.69, 9.17) is 9.15 Å². The van der Waals surface area contributed by atoms with Crippen LogP contribution >= 0.6 is 0 Å². The Balaban J connectivity index is 1.47. The largest absolute Gasteiger partial charge is 0.497 e. The molecule has 0 aliphatic carbocycles. The molecule has 1 aromatic heterocycles. The summed E-state index contributed by atoms with van der Waals surface area (Å²) < 4.78 is 10.2. The quantitative estimate of drug-likeness (QED) is 0.436. The number of amides is 3. The molecule has 3 rings (SSSR count). The summed E-state index contributed by atoms with van der Waals surface area (Å²) in [5.74, 6) is -0.130. The summed E-state index contributed by atoms with van der Waals surface area (Å²) in [6.07, 6.45) is 4.45. The van der Waals surface area contributed by atoms with Gasteiger partial charge in [-0.2, -0.15) is 0 Å². The Hall–Kier alpha value is -4.33. The fourth-order valence-corrected chi connectivity index (χ4v) is 2.92. The number of anilines is 1. The second kappa shape index (κ2) is 11.3. The van der Waals surface area contributed by atoms with Crippen molar-refractivity contribution in [2.24, 2.45) is 0 Å². The van der Waals surface area contributed by atoms with Crippen LogP contribution < -0.4 is 20.7 Å². The van der Waals surface area contributed by atoms with Gasteiger partial charge in [0.2, 0.25) is 11.8 Å². The van der Waals surface area contributed by atoms with Gasteiger partial charge in [-0.15, -0.1) is 0 Å². The van der Waals surface area contributed by atoms with Gasteiger partial charge in [-0.3, -0.25) is 14.4 Å². The summed E-state index contributed by atoms with van der Waals surface area (Å²) >= 11 is 0. The van der Waals surface area contributed by atoms with E-state index in [-0.39, 0.29) is 30.0 Å². The molecule has 0 fully saturated rings. The lowest BCUT2D eigenvalue weighted by Crippen LogP contribution is -2.44. The average Bonchev–Trinajstić information content (AvgIpc) is 3.37. The smallest absolute Gasteiger partial charge is 0.291 e. The number of nitrogens with one attached hydrogen (secondary N) is 3. The third kappa shape index (κ3) is 7.10. The van der Waals surface area contributed by atoms with Gasteiger partial charge in [0.25, 0.3) is 5.91 Å². The highest BCUT2D eigenvalue weighted by atomic mass is 16.5. The molecule has 33 heavy (non-hydrogen) atoms. The summed E-state index contributed by atoms with van der Waals surface area (Å²) in [7, 11) is 1.59. The van der Waals surface area contributed by atoms with Crippen molar-refractivity contribution in [2.45, 2.75) is 19.5 Å². The number of methoxy groups -OCH3 is 1. The van der Waals surface area contributed by atoms with Crippen molar-refractivity contribution in [3.63, 3.8) is 0 Å². The molecular weight excluding hydrogens is 422 g/mol. The van der Waals surface area contributed by atoms with Gasteiger partial charge >= 0.3 is 0 Å². The van der Waals surface area contributed by atoms with E-state index < -0.39 is 6.04 Å². The molecule has 8 nitrogen and oxygen atoms in total. The summed E-state index contributed by atoms with van der Waals surface area (Å²) in [4.78, 5) is 36.6. The van der Waals surface area contributed by atoms with Crippen molar-refractivity contribution in [3.8, 4) is 5.75 Å². The first-order valence-corrected chi connectivity index (χ1v) is 10.3. The molecule has 3 N–H and O–H groups in total. The van der Waals surface area contributed by atoms with Crippen molar-refractivity contribution >= 4 is 29.5 Å². The van der Waals surface area contributed by atoms with E-state index in [9.17, 15) is 14.4 Å². The molecule has 8 heteroatoms. The van der Waals surface area contributed by atoms with Crippen LogP contribution in [0.5, 0.6) is 5.75 Å². The van der Waals surface area contributed by atoms with E-state index in [2.05, 4.69) is 16.0 Å². The number of rotatable bonds is 9. The van der Waals surface area contributed by atoms with Gasteiger partial charge in [-0.1, -0.05) is 24.3 Å². The molecular formula is C25H25N3O5. The lowest BCUT2D eigenvalue weighted by molar-refractivity contribution is -0.126. The van der Waals surface area contributed by atoms with Crippen LogP contribution in [0.3, 0.4) is 0 Å². The van der Waals surface area contributed by atoms with Crippen molar-refractivity contribution in [2.75, 3.05) is 12.4 Å². The number of carbonyl (C=O) groups is 3. The predicted molar refractivity (Wildman–Crippen MR) is 125 cm³/mol. The van der Waals surface area contributed by atoms with E-state index in [1.54, 1.807) is 62.6 Å². The van der Waals surface area contributed by atoms with E-state index in [1.165, 1.54) is 12.3 Å². The molecule has 0 radical (unpaired) electrons. The molecule has 3 amide bonds. The van der Waals surface area contributed by atoms with Gasteiger partial charge in [0, 0.05) is 18.3 Å². The first-order valence-electron chi connectivity index (χ1n) is 10.3. The highest BCUT2D eigenvalue weighted by Gasteiger charge is 2.14. The number of hydrogen-bond acceptors (Lipinski definition) is 5. The molecule has 0 saturated carbocycles. The van der Waals surface area contributed by atoms with Crippen LogP contribution in [0, 0.1) is 0 Å².